The van der Waals surface area contributed by atoms with Crippen molar-refractivity contribution in [3.05, 3.63) is 56.9 Å². The number of ether oxygens (including phenoxy) is 2. The van der Waals surface area contributed by atoms with Gasteiger partial charge >= 0.3 is 12.1 Å². The predicted molar refractivity (Wildman–Crippen MR) is 139 cm³/mol. The summed E-state index contributed by atoms with van der Waals surface area (Å²) in [5, 5.41) is 14.1. The fourth-order valence-electron chi connectivity index (χ4n) is 4.70. The maximum absolute atomic E-state index is 13.2. The minimum Gasteiger partial charge on any atom is -0.458 e. The SMILES string of the molecule is CC.CCc1c2c(nc3ccc(OC(=O)N(C)CCNC)cc13)-c1cc3c(c(=O)n1C2)COC(=O)C3O. The van der Waals surface area contributed by atoms with Gasteiger partial charge in [-0.15, -0.1) is 0 Å². The van der Waals surface area contributed by atoms with E-state index in [1.807, 2.05) is 27.8 Å². The second kappa shape index (κ2) is 10.7. The van der Waals surface area contributed by atoms with Gasteiger partial charge in [-0.3, -0.25) is 4.79 Å². The normalized spacial score (nSPS) is 15.2. The predicted octanol–water partition coefficient (Wildman–Crippen LogP) is 2.75. The molecular weight excluding hydrogens is 476 g/mol. The molecule has 0 spiro atoms. The van der Waals surface area contributed by atoms with Crippen LogP contribution in [-0.4, -0.2) is 58.8 Å². The largest absolute Gasteiger partial charge is 0.458 e. The Kier molecular flexibility index (Phi) is 7.60. The maximum Gasteiger partial charge on any atom is 0.415 e. The zero-order valence-corrected chi connectivity index (χ0v) is 21.8. The van der Waals surface area contributed by atoms with Crippen molar-refractivity contribution in [2.45, 2.75) is 46.4 Å². The van der Waals surface area contributed by atoms with Gasteiger partial charge in [0, 0.05) is 36.7 Å². The third kappa shape index (κ3) is 4.58. The number of likely N-dealkylation sites (N-methyl/N-ethyl adjacent to an activating group) is 2. The highest BCUT2D eigenvalue weighted by Gasteiger charge is 2.34. The molecule has 0 fully saturated rings. The van der Waals surface area contributed by atoms with E-state index in [2.05, 4.69) is 5.32 Å². The van der Waals surface area contributed by atoms with Crippen LogP contribution in [0.1, 0.15) is 49.1 Å². The van der Waals surface area contributed by atoms with Crippen molar-refractivity contribution in [3.63, 3.8) is 0 Å². The van der Waals surface area contributed by atoms with Crippen LogP contribution in [0.25, 0.3) is 22.3 Å². The van der Waals surface area contributed by atoms with Crippen LogP contribution in [0.3, 0.4) is 0 Å². The molecule has 1 amide bonds. The van der Waals surface area contributed by atoms with Gasteiger partial charge in [0.1, 0.15) is 12.4 Å². The molecule has 37 heavy (non-hydrogen) atoms. The van der Waals surface area contributed by atoms with Crippen LogP contribution in [0, 0.1) is 0 Å². The number of aliphatic hydroxyl groups is 1. The summed E-state index contributed by atoms with van der Waals surface area (Å²) in [6.45, 7) is 7.35. The number of esters is 1. The van der Waals surface area contributed by atoms with E-state index in [1.165, 1.54) is 4.90 Å². The Morgan fingerprint density at radius 3 is 2.73 bits per heavy atom. The Balaban J connectivity index is 0.00000156. The lowest BCUT2D eigenvalue weighted by molar-refractivity contribution is -0.157. The van der Waals surface area contributed by atoms with E-state index in [0.717, 1.165) is 16.5 Å². The van der Waals surface area contributed by atoms with Gasteiger partial charge < -0.3 is 29.4 Å². The van der Waals surface area contributed by atoms with Crippen LogP contribution >= 0.6 is 0 Å². The summed E-state index contributed by atoms with van der Waals surface area (Å²) in [7, 11) is 3.49. The number of rotatable bonds is 5. The number of carbonyl (C=O) groups is 2. The highest BCUT2D eigenvalue weighted by atomic mass is 16.6. The molecule has 3 aromatic rings. The van der Waals surface area contributed by atoms with E-state index in [4.69, 9.17) is 14.5 Å². The quantitative estimate of drug-likeness (QED) is 0.395. The first-order valence-electron chi connectivity index (χ1n) is 12.5. The maximum atomic E-state index is 13.2. The molecule has 5 rings (SSSR count). The van der Waals surface area contributed by atoms with Crippen molar-refractivity contribution in [1.82, 2.24) is 19.8 Å². The highest BCUT2D eigenvalue weighted by molar-refractivity contribution is 5.90. The van der Waals surface area contributed by atoms with Gasteiger partial charge in [-0.25, -0.2) is 14.6 Å². The van der Waals surface area contributed by atoms with E-state index in [0.29, 0.717) is 48.7 Å². The van der Waals surface area contributed by atoms with Gasteiger partial charge in [0.05, 0.1) is 29.0 Å². The average Bonchev–Trinajstić information content (AvgIpc) is 3.28. The summed E-state index contributed by atoms with van der Waals surface area (Å²) in [6, 6.07) is 6.96. The van der Waals surface area contributed by atoms with Crippen molar-refractivity contribution in [2.24, 2.45) is 0 Å². The number of hydrogen-bond acceptors (Lipinski definition) is 8. The van der Waals surface area contributed by atoms with Crippen LogP contribution in [0.5, 0.6) is 5.75 Å². The molecule has 1 unspecified atom stereocenters. The molecule has 1 aromatic carbocycles. The van der Waals surface area contributed by atoms with Gasteiger partial charge in [-0.05, 0) is 43.3 Å². The lowest BCUT2D eigenvalue weighted by atomic mass is 9.97. The molecule has 0 saturated carbocycles. The van der Waals surface area contributed by atoms with Crippen LogP contribution < -0.4 is 15.6 Å². The molecule has 4 heterocycles. The average molecular weight is 509 g/mol. The first-order valence-corrected chi connectivity index (χ1v) is 12.5. The molecule has 0 radical (unpaired) electrons. The third-order valence-corrected chi connectivity index (χ3v) is 6.61. The molecular formula is C27H32N4O6. The summed E-state index contributed by atoms with van der Waals surface area (Å²) < 4.78 is 12.1. The molecule has 1 atom stereocenters. The van der Waals surface area contributed by atoms with Gasteiger partial charge in [-0.1, -0.05) is 20.8 Å². The molecule has 10 nitrogen and oxygen atoms in total. The van der Waals surface area contributed by atoms with Crippen LogP contribution in [0.15, 0.2) is 29.1 Å². The fourth-order valence-corrected chi connectivity index (χ4v) is 4.70. The van der Waals surface area contributed by atoms with Gasteiger partial charge in [-0.2, -0.15) is 0 Å². The number of hydrogen-bond donors (Lipinski definition) is 2. The number of pyridine rings is 2. The van der Waals surface area contributed by atoms with Crippen LogP contribution in [-0.2, 0) is 29.1 Å². The number of fused-ring (bicyclic) bond motifs is 5. The highest BCUT2D eigenvalue weighted by Crippen LogP contribution is 2.38. The molecule has 0 bridgehead atoms. The summed E-state index contributed by atoms with van der Waals surface area (Å²) in [5.41, 5.74) is 4.07. The second-order valence-corrected chi connectivity index (χ2v) is 8.71. The summed E-state index contributed by atoms with van der Waals surface area (Å²) in [6.07, 6.45) is -1.27. The Morgan fingerprint density at radius 1 is 1.27 bits per heavy atom. The number of nitrogens with zero attached hydrogens (tertiary/aromatic N) is 3. The Hall–Kier alpha value is -3.76. The standard InChI is InChI=1S/C25H26N4O6.C2H6/c1-4-14-15-9-13(35-25(33)28(3)8-7-26-2)5-6-19(15)27-21-17(14)11-29-20(21)10-16-18(23(29)31)12-34-24(32)22(16)30;1-2/h5-6,9-10,22,26,30H,4,7-8,11-12H2,1-3H3;1-2H3. The minimum atomic E-state index is -1.49. The molecule has 2 N–H and O–H groups in total. The number of amides is 1. The summed E-state index contributed by atoms with van der Waals surface area (Å²) in [4.78, 5) is 43.8. The summed E-state index contributed by atoms with van der Waals surface area (Å²) >= 11 is 0. The monoisotopic (exact) mass is 508 g/mol. The second-order valence-electron chi connectivity index (χ2n) is 8.71. The van der Waals surface area contributed by atoms with Crippen molar-refractivity contribution in [1.29, 1.82) is 0 Å². The molecule has 2 aliphatic heterocycles. The van der Waals surface area contributed by atoms with Crippen molar-refractivity contribution in [3.8, 4) is 17.1 Å². The first kappa shape index (κ1) is 26.3. The number of carbonyl (C=O) groups excluding carboxylic acids is 2. The lowest BCUT2D eigenvalue weighted by Crippen LogP contribution is -2.34. The molecule has 0 saturated heterocycles. The van der Waals surface area contributed by atoms with Crippen LogP contribution in [0.2, 0.25) is 0 Å². The van der Waals surface area contributed by atoms with E-state index >= 15 is 0 Å². The number of aromatic nitrogens is 2. The van der Waals surface area contributed by atoms with Gasteiger partial charge in [0.2, 0.25) is 0 Å². The lowest BCUT2D eigenvalue weighted by Gasteiger charge is -2.21. The molecule has 2 aliphatic rings. The van der Waals surface area contributed by atoms with E-state index in [-0.39, 0.29) is 23.3 Å². The van der Waals surface area contributed by atoms with Crippen molar-refractivity contribution >= 4 is 23.0 Å². The minimum absolute atomic E-state index is 0.159. The number of aliphatic hydroxyl groups excluding tert-OH is 1. The number of aryl methyl sites for hydroxylation is 1. The van der Waals surface area contributed by atoms with Gasteiger partial charge in [0.15, 0.2) is 6.10 Å². The Bertz CT molecular complexity index is 1430. The third-order valence-electron chi connectivity index (χ3n) is 6.61. The van der Waals surface area contributed by atoms with Gasteiger partial charge in [0.25, 0.3) is 5.56 Å². The fraction of sp³-hybridized carbons (Fsp3) is 0.407. The van der Waals surface area contributed by atoms with E-state index < -0.39 is 18.2 Å². The Morgan fingerprint density at radius 2 is 2.03 bits per heavy atom. The molecule has 10 heteroatoms. The number of benzene rings is 1. The van der Waals surface area contributed by atoms with E-state index in [9.17, 15) is 19.5 Å². The van der Waals surface area contributed by atoms with Crippen molar-refractivity contribution in [2.75, 3.05) is 27.2 Å². The van der Waals surface area contributed by atoms with Crippen LogP contribution in [0.4, 0.5) is 4.79 Å². The molecule has 2 aromatic heterocycles. The first-order chi connectivity index (χ1) is 17.8. The zero-order chi connectivity index (χ0) is 26.9. The molecule has 196 valence electrons. The van der Waals surface area contributed by atoms with E-state index in [1.54, 1.807) is 35.9 Å². The number of cyclic esters (lactones) is 1. The smallest absolute Gasteiger partial charge is 0.415 e. The Labute approximate surface area is 214 Å². The zero-order valence-electron chi connectivity index (χ0n) is 21.8. The van der Waals surface area contributed by atoms with Crippen molar-refractivity contribution < 1.29 is 24.2 Å². The molecule has 0 aliphatic carbocycles. The number of nitrogens with one attached hydrogen (secondary N) is 1. The summed E-state index contributed by atoms with van der Waals surface area (Å²) in [5.74, 6) is -0.350. The topological polar surface area (TPSA) is 123 Å².